The molecule has 28 heavy (non-hydrogen) atoms. The molecule has 0 fully saturated rings. The molecule has 1 heterocycles. The van der Waals surface area contributed by atoms with Crippen molar-refractivity contribution in [1.82, 2.24) is 15.2 Å². The zero-order valence-electron chi connectivity index (χ0n) is 16.0. The lowest BCUT2D eigenvalue weighted by atomic mass is 10.1. The lowest BCUT2D eigenvalue weighted by Gasteiger charge is -2.22. The molecule has 6 nitrogen and oxygen atoms in total. The fourth-order valence-corrected chi connectivity index (χ4v) is 2.86. The van der Waals surface area contributed by atoms with Gasteiger partial charge in [0.05, 0.1) is 6.20 Å². The van der Waals surface area contributed by atoms with Gasteiger partial charge in [-0.2, -0.15) is 10.1 Å². The van der Waals surface area contributed by atoms with Crippen molar-refractivity contribution >= 4 is 28.8 Å². The summed E-state index contributed by atoms with van der Waals surface area (Å²) in [6, 6.07) is 9.68. The summed E-state index contributed by atoms with van der Waals surface area (Å²) in [7, 11) is 0. The molecular weight excluding hydrogens is 362 g/mol. The van der Waals surface area contributed by atoms with Gasteiger partial charge in [-0.25, -0.2) is 8.78 Å². The summed E-state index contributed by atoms with van der Waals surface area (Å²) in [5.41, 5.74) is 2.70. The normalized spacial score (nSPS) is 10.6. The van der Waals surface area contributed by atoms with E-state index in [4.69, 9.17) is 0 Å². The molecule has 0 spiro atoms. The first-order valence-corrected chi connectivity index (χ1v) is 9.05. The van der Waals surface area contributed by atoms with Crippen LogP contribution in [0.2, 0.25) is 0 Å². The summed E-state index contributed by atoms with van der Waals surface area (Å²) >= 11 is 0. The molecule has 3 rings (SSSR count). The lowest BCUT2D eigenvalue weighted by molar-refractivity contribution is 0.590. The molecule has 0 bridgehead atoms. The second-order valence-corrected chi connectivity index (χ2v) is 6.18. The fraction of sp³-hybridized carbons (Fsp3) is 0.250. The molecule has 0 aliphatic carbocycles. The number of nitrogens with one attached hydrogen (secondary N) is 2. The Morgan fingerprint density at radius 2 is 1.71 bits per heavy atom. The maximum atomic E-state index is 13.8. The van der Waals surface area contributed by atoms with Crippen LogP contribution in [0.4, 0.5) is 37.6 Å². The zero-order chi connectivity index (χ0) is 20.1. The fourth-order valence-electron chi connectivity index (χ4n) is 2.86. The second kappa shape index (κ2) is 8.60. The third-order valence-electron chi connectivity index (χ3n) is 4.36. The molecule has 0 radical (unpaired) electrons. The first kappa shape index (κ1) is 19.5. The van der Waals surface area contributed by atoms with Gasteiger partial charge in [-0.1, -0.05) is 6.07 Å². The molecule has 2 aromatic carbocycles. The van der Waals surface area contributed by atoms with Gasteiger partial charge in [0.2, 0.25) is 5.95 Å². The van der Waals surface area contributed by atoms with Crippen LogP contribution in [0.3, 0.4) is 0 Å². The van der Waals surface area contributed by atoms with Gasteiger partial charge in [-0.05, 0) is 56.7 Å². The van der Waals surface area contributed by atoms with E-state index in [1.54, 1.807) is 0 Å². The van der Waals surface area contributed by atoms with Crippen molar-refractivity contribution in [2.45, 2.75) is 20.8 Å². The number of nitrogens with zero attached hydrogens (tertiary/aromatic N) is 4. The van der Waals surface area contributed by atoms with Crippen LogP contribution < -0.4 is 15.5 Å². The molecule has 0 aliphatic rings. The number of benzene rings is 2. The van der Waals surface area contributed by atoms with Crippen molar-refractivity contribution in [2.24, 2.45) is 0 Å². The van der Waals surface area contributed by atoms with E-state index in [0.29, 0.717) is 0 Å². The average Bonchev–Trinajstić information content (AvgIpc) is 2.68. The summed E-state index contributed by atoms with van der Waals surface area (Å²) in [5.74, 6) is -1.02. The monoisotopic (exact) mass is 384 g/mol. The van der Waals surface area contributed by atoms with E-state index < -0.39 is 11.6 Å². The molecule has 2 N–H and O–H groups in total. The van der Waals surface area contributed by atoms with Gasteiger partial charge in [0, 0.05) is 24.5 Å². The molecular formula is C20H22F2N6. The number of aromatic nitrogens is 3. The van der Waals surface area contributed by atoms with Crippen molar-refractivity contribution in [3.05, 3.63) is 59.8 Å². The predicted molar refractivity (Wildman–Crippen MR) is 107 cm³/mol. The summed E-state index contributed by atoms with van der Waals surface area (Å²) in [5, 5.41) is 13.5. The van der Waals surface area contributed by atoms with Gasteiger partial charge >= 0.3 is 0 Å². The Balaban J connectivity index is 1.80. The van der Waals surface area contributed by atoms with E-state index in [1.165, 1.54) is 24.4 Å². The van der Waals surface area contributed by atoms with Gasteiger partial charge in [-0.15, -0.1) is 5.10 Å². The summed E-state index contributed by atoms with van der Waals surface area (Å²) in [6.45, 7) is 8.06. The number of hydrogen-bond acceptors (Lipinski definition) is 6. The quantitative estimate of drug-likeness (QED) is 0.610. The minimum atomic E-state index is -0.712. The molecule has 0 aliphatic heterocycles. The molecule has 0 unspecified atom stereocenters. The van der Waals surface area contributed by atoms with Crippen LogP contribution in [-0.4, -0.2) is 28.3 Å². The molecule has 0 amide bonds. The largest absolute Gasteiger partial charge is 0.372 e. The highest BCUT2D eigenvalue weighted by Crippen LogP contribution is 2.25. The Hall–Kier alpha value is -3.29. The summed E-state index contributed by atoms with van der Waals surface area (Å²) in [4.78, 5) is 6.49. The van der Waals surface area contributed by atoms with Crippen LogP contribution in [0.25, 0.3) is 0 Å². The van der Waals surface area contributed by atoms with Crippen molar-refractivity contribution in [2.75, 3.05) is 28.6 Å². The number of anilines is 5. The van der Waals surface area contributed by atoms with E-state index in [2.05, 4.69) is 50.6 Å². The van der Waals surface area contributed by atoms with Crippen LogP contribution in [-0.2, 0) is 0 Å². The van der Waals surface area contributed by atoms with Gasteiger partial charge in [0.1, 0.15) is 17.3 Å². The van der Waals surface area contributed by atoms with E-state index >= 15 is 0 Å². The number of halogens is 2. The molecule has 1 aromatic heterocycles. The molecule has 3 aromatic rings. The Morgan fingerprint density at radius 1 is 1.00 bits per heavy atom. The van der Waals surface area contributed by atoms with Gasteiger partial charge in [0.15, 0.2) is 5.82 Å². The first-order chi connectivity index (χ1) is 13.5. The predicted octanol–water partition coefficient (Wildman–Crippen LogP) is 4.79. The van der Waals surface area contributed by atoms with Gasteiger partial charge < -0.3 is 15.5 Å². The smallest absolute Gasteiger partial charge is 0.249 e. The molecule has 0 saturated carbocycles. The second-order valence-electron chi connectivity index (χ2n) is 6.18. The SMILES string of the molecule is CCN(CC)c1ccc(Nc2nncc(Nc3c(F)cccc3F)n2)c(C)c1. The topological polar surface area (TPSA) is 66.0 Å². The lowest BCUT2D eigenvalue weighted by Crippen LogP contribution is -2.21. The Labute approximate surface area is 162 Å². The third-order valence-corrected chi connectivity index (χ3v) is 4.36. The number of rotatable bonds is 7. The highest BCUT2D eigenvalue weighted by atomic mass is 19.1. The van der Waals surface area contributed by atoms with Crippen LogP contribution in [0.1, 0.15) is 19.4 Å². The third kappa shape index (κ3) is 4.33. The zero-order valence-corrected chi connectivity index (χ0v) is 16.0. The van der Waals surface area contributed by atoms with E-state index in [-0.39, 0.29) is 17.5 Å². The maximum absolute atomic E-state index is 13.8. The maximum Gasteiger partial charge on any atom is 0.249 e. The van der Waals surface area contributed by atoms with Gasteiger partial charge in [0.25, 0.3) is 0 Å². The molecule has 146 valence electrons. The Bertz CT molecular complexity index is 939. The van der Waals surface area contributed by atoms with Crippen LogP contribution >= 0.6 is 0 Å². The Kier molecular flexibility index (Phi) is 5.98. The van der Waals surface area contributed by atoms with E-state index in [1.807, 2.05) is 19.1 Å². The van der Waals surface area contributed by atoms with Crippen molar-refractivity contribution in [3.8, 4) is 0 Å². The Morgan fingerprint density at radius 3 is 2.36 bits per heavy atom. The van der Waals surface area contributed by atoms with Crippen LogP contribution in [0, 0.1) is 18.6 Å². The molecule has 0 atom stereocenters. The van der Waals surface area contributed by atoms with E-state index in [9.17, 15) is 8.78 Å². The minimum absolute atomic E-state index is 0.180. The minimum Gasteiger partial charge on any atom is -0.372 e. The number of hydrogen-bond donors (Lipinski definition) is 2. The van der Waals surface area contributed by atoms with Crippen molar-refractivity contribution in [3.63, 3.8) is 0 Å². The van der Waals surface area contributed by atoms with Gasteiger partial charge in [-0.3, -0.25) is 0 Å². The van der Waals surface area contributed by atoms with Crippen LogP contribution in [0.5, 0.6) is 0 Å². The van der Waals surface area contributed by atoms with Crippen molar-refractivity contribution < 1.29 is 8.78 Å². The average molecular weight is 384 g/mol. The highest BCUT2D eigenvalue weighted by Gasteiger charge is 2.11. The molecule has 0 saturated heterocycles. The number of aryl methyl sites for hydroxylation is 1. The summed E-state index contributed by atoms with van der Waals surface area (Å²) in [6.07, 6.45) is 1.30. The van der Waals surface area contributed by atoms with Crippen molar-refractivity contribution in [1.29, 1.82) is 0 Å². The number of para-hydroxylation sites is 1. The van der Waals surface area contributed by atoms with Crippen LogP contribution in [0.15, 0.2) is 42.6 Å². The highest BCUT2D eigenvalue weighted by molar-refractivity contribution is 5.65. The summed E-state index contributed by atoms with van der Waals surface area (Å²) < 4.78 is 27.6. The van der Waals surface area contributed by atoms with E-state index in [0.717, 1.165) is 30.0 Å². The standard InChI is InChI=1S/C20H22F2N6/c1-4-28(5-2)14-9-10-17(13(3)11-14)24-20-26-18(12-23-27-20)25-19-15(21)7-6-8-16(19)22/h6-12H,4-5H2,1-3H3,(H2,24,25,26,27). The first-order valence-electron chi connectivity index (χ1n) is 9.05. The molecule has 8 heteroatoms.